The van der Waals surface area contributed by atoms with E-state index in [0.717, 1.165) is 38.0 Å². The van der Waals surface area contributed by atoms with Gasteiger partial charge in [0.05, 0.1) is 17.5 Å². The number of anilines is 4. The van der Waals surface area contributed by atoms with Gasteiger partial charge in [0.15, 0.2) is 11.6 Å². The SMILES string of the molecule is N=C/C=N\Nc1cccc(Nc2nc(NC3CCCCC3N)c(F)cc2C(N)=O)c1. The lowest BCUT2D eigenvalue weighted by molar-refractivity contribution is 0.100. The smallest absolute Gasteiger partial charge is 0.252 e. The van der Waals surface area contributed by atoms with Crippen LogP contribution in [0, 0.1) is 11.2 Å². The summed E-state index contributed by atoms with van der Waals surface area (Å²) in [7, 11) is 0. The number of hydrazone groups is 1. The van der Waals surface area contributed by atoms with Crippen LogP contribution in [0.2, 0.25) is 0 Å². The fourth-order valence-electron chi connectivity index (χ4n) is 3.34. The second-order valence-corrected chi connectivity index (χ2v) is 7.04. The molecule has 1 fully saturated rings. The van der Waals surface area contributed by atoms with Gasteiger partial charge in [-0.25, -0.2) is 9.37 Å². The largest absolute Gasteiger partial charge is 0.365 e. The van der Waals surface area contributed by atoms with Gasteiger partial charge in [-0.1, -0.05) is 18.9 Å². The Hall–Kier alpha value is -3.53. The molecule has 0 bridgehead atoms. The molecular formula is C20H25FN8O. The second kappa shape index (κ2) is 9.79. The van der Waals surface area contributed by atoms with E-state index in [9.17, 15) is 9.18 Å². The topological polar surface area (TPSA) is 154 Å². The van der Waals surface area contributed by atoms with Gasteiger partial charge in [-0.3, -0.25) is 10.2 Å². The lowest BCUT2D eigenvalue weighted by atomic mass is 9.91. The monoisotopic (exact) mass is 412 g/mol. The summed E-state index contributed by atoms with van der Waals surface area (Å²) in [5.41, 5.74) is 15.5. The first-order chi connectivity index (χ1) is 14.5. The fraction of sp³-hybridized carbons (Fsp3) is 0.300. The first-order valence-electron chi connectivity index (χ1n) is 9.65. The van der Waals surface area contributed by atoms with Crippen LogP contribution >= 0.6 is 0 Å². The number of halogens is 1. The molecule has 0 saturated heterocycles. The Morgan fingerprint density at radius 3 is 2.73 bits per heavy atom. The minimum absolute atomic E-state index is 0.0229. The van der Waals surface area contributed by atoms with E-state index in [0.29, 0.717) is 11.4 Å². The molecule has 1 heterocycles. The molecule has 1 aromatic heterocycles. The van der Waals surface area contributed by atoms with Crippen LogP contribution in [0.3, 0.4) is 0 Å². The van der Waals surface area contributed by atoms with Crippen molar-refractivity contribution < 1.29 is 9.18 Å². The van der Waals surface area contributed by atoms with E-state index < -0.39 is 11.7 Å². The second-order valence-electron chi connectivity index (χ2n) is 7.04. The van der Waals surface area contributed by atoms with Crippen molar-refractivity contribution in [2.24, 2.45) is 16.6 Å². The zero-order valence-electron chi connectivity index (χ0n) is 16.4. The number of aromatic nitrogens is 1. The molecule has 9 nitrogen and oxygen atoms in total. The van der Waals surface area contributed by atoms with E-state index in [-0.39, 0.29) is 29.3 Å². The number of pyridine rings is 1. The van der Waals surface area contributed by atoms with E-state index in [1.165, 1.54) is 6.21 Å². The van der Waals surface area contributed by atoms with Crippen LogP contribution in [0.25, 0.3) is 0 Å². The Morgan fingerprint density at radius 1 is 1.23 bits per heavy atom. The van der Waals surface area contributed by atoms with Gasteiger partial charge in [-0.15, -0.1) is 0 Å². The summed E-state index contributed by atoms with van der Waals surface area (Å²) in [6, 6.07) is 7.91. The summed E-state index contributed by atoms with van der Waals surface area (Å²) in [5.74, 6) is -1.30. The van der Waals surface area contributed by atoms with Gasteiger partial charge in [0.25, 0.3) is 5.91 Å². The molecule has 1 amide bonds. The van der Waals surface area contributed by atoms with Crippen LogP contribution in [0.5, 0.6) is 0 Å². The van der Waals surface area contributed by atoms with Crippen LogP contribution in [0.4, 0.5) is 27.4 Å². The summed E-state index contributed by atoms with van der Waals surface area (Å²) in [5, 5.41) is 16.9. The first-order valence-corrected chi connectivity index (χ1v) is 9.65. The number of hydrogen-bond acceptors (Lipinski definition) is 8. The highest BCUT2D eigenvalue weighted by Gasteiger charge is 2.24. The highest BCUT2D eigenvalue weighted by Crippen LogP contribution is 2.27. The van der Waals surface area contributed by atoms with E-state index in [4.69, 9.17) is 16.9 Å². The van der Waals surface area contributed by atoms with Crippen molar-refractivity contribution in [3.05, 3.63) is 41.7 Å². The minimum atomic E-state index is -0.797. The van der Waals surface area contributed by atoms with Crippen molar-refractivity contribution in [1.82, 2.24) is 4.98 Å². The molecule has 0 spiro atoms. The van der Waals surface area contributed by atoms with Crippen LogP contribution in [0.1, 0.15) is 36.0 Å². The van der Waals surface area contributed by atoms with Crippen molar-refractivity contribution in [2.75, 3.05) is 16.1 Å². The maximum absolute atomic E-state index is 14.6. The van der Waals surface area contributed by atoms with Gasteiger partial charge in [0.2, 0.25) is 0 Å². The Labute approximate surface area is 173 Å². The summed E-state index contributed by atoms with van der Waals surface area (Å²) >= 11 is 0. The van der Waals surface area contributed by atoms with E-state index in [1.807, 2.05) is 0 Å². The number of hydrogen-bond donors (Lipinski definition) is 6. The average Bonchev–Trinajstić information content (AvgIpc) is 2.72. The molecule has 1 aliphatic carbocycles. The molecular weight excluding hydrogens is 387 g/mol. The van der Waals surface area contributed by atoms with Gasteiger partial charge in [0, 0.05) is 24.0 Å². The van der Waals surface area contributed by atoms with E-state index in [1.54, 1.807) is 24.3 Å². The molecule has 8 N–H and O–H groups in total. The molecule has 0 aliphatic heterocycles. The summed E-state index contributed by atoms with van der Waals surface area (Å²) in [6.45, 7) is 0. The zero-order valence-corrected chi connectivity index (χ0v) is 16.4. The third-order valence-electron chi connectivity index (χ3n) is 4.85. The molecule has 3 rings (SSSR count). The molecule has 10 heteroatoms. The molecule has 158 valence electrons. The van der Waals surface area contributed by atoms with Gasteiger partial charge >= 0.3 is 0 Å². The number of primary amides is 1. The Balaban J connectivity index is 1.87. The molecule has 2 atom stereocenters. The standard InChI is InChI=1S/C20H25FN8O/c21-15-11-14(18(24)30)19(28-20(15)27-17-7-2-1-6-16(17)23)26-12-4-3-5-13(10-12)29-25-9-8-22/h3-5,8-11,16-17,22,29H,1-2,6-7,23H2,(H2,24,30)(H2,26,27,28)/b22-8?,25-9-. The van der Waals surface area contributed by atoms with Crippen molar-refractivity contribution >= 4 is 41.3 Å². The number of benzene rings is 1. The van der Waals surface area contributed by atoms with Crippen LogP contribution in [0.15, 0.2) is 35.4 Å². The average molecular weight is 412 g/mol. The highest BCUT2D eigenvalue weighted by atomic mass is 19.1. The van der Waals surface area contributed by atoms with Crippen molar-refractivity contribution in [3.8, 4) is 0 Å². The molecule has 1 saturated carbocycles. The van der Waals surface area contributed by atoms with E-state index in [2.05, 4.69) is 26.1 Å². The fourth-order valence-corrected chi connectivity index (χ4v) is 3.34. The number of amides is 1. The molecule has 2 unspecified atom stereocenters. The number of nitrogens with two attached hydrogens (primary N) is 2. The lowest BCUT2D eigenvalue weighted by Gasteiger charge is -2.30. The number of carbonyl (C=O) groups is 1. The normalized spacial score (nSPS) is 18.7. The Bertz CT molecular complexity index is 948. The zero-order chi connectivity index (χ0) is 21.5. The minimum Gasteiger partial charge on any atom is -0.365 e. The Kier molecular flexibility index (Phi) is 6.91. The summed E-state index contributed by atoms with van der Waals surface area (Å²) in [6.07, 6.45) is 6.09. The third-order valence-corrected chi connectivity index (χ3v) is 4.85. The van der Waals surface area contributed by atoms with Gasteiger partial charge in [-0.2, -0.15) is 5.10 Å². The van der Waals surface area contributed by atoms with Crippen LogP contribution in [-0.2, 0) is 0 Å². The maximum atomic E-state index is 14.6. The number of carbonyl (C=O) groups excluding carboxylic acids is 1. The van der Waals surface area contributed by atoms with Gasteiger partial charge in [-0.05, 0) is 37.1 Å². The van der Waals surface area contributed by atoms with Crippen LogP contribution < -0.4 is 27.5 Å². The van der Waals surface area contributed by atoms with Crippen LogP contribution in [-0.4, -0.2) is 35.4 Å². The molecule has 0 radical (unpaired) electrons. The third kappa shape index (κ3) is 5.29. The van der Waals surface area contributed by atoms with Crippen molar-refractivity contribution in [3.63, 3.8) is 0 Å². The Morgan fingerprint density at radius 2 is 2.00 bits per heavy atom. The predicted octanol–water partition coefficient (Wildman–Crippen LogP) is 2.79. The number of rotatable bonds is 8. The van der Waals surface area contributed by atoms with Gasteiger partial charge < -0.3 is 27.5 Å². The molecule has 1 aliphatic rings. The molecule has 1 aromatic carbocycles. The first kappa shape index (κ1) is 21.2. The predicted molar refractivity (Wildman–Crippen MR) is 117 cm³/mol. The highest BCUT2D eigenvalue weighted by molar-refractivity contribution is 6.14. The maximum Gasteiger partial charge on any atom is 0.252 e. The number of nitrogens with zero attached hydrogens (tertiary/aromatic N) is 2. The van der Waals surface area contributed by atoms with Crippen molar-refractivity contribution in [2.45, 2.75) is 37.8 Å². The van der Waals surface area contributed by atoms with Gasteiger partial charge in [0.1, 0.15) is 5.82 Å². The lowest BCUT2D eigenvalue weighted by Crippen LogP contribution is -2.43. The molecule has 2 aromatic rings. The van der Waals surface area contributed by atoms with E-state index >= 15 is 0 Å². The number of nitrogens with one attached hydrogen (secondary N) is 4. The quantitative estimate of drug-likeness (QED) is 0.289. The van der Waals surface area contributed by atoms with Crippen molar-refractivity contribution in [1.29, 1.82) is 5.41 Å². The summed E-state index contributed by atoms with van der Waals surface area (Å²) < 4.78 is 14.6. The summed E-state index contributed by atoms with van der Waals surface area (Å²) in [4.78, 5) is 16.1. The molecule has 30 heavy (non-hydrogen) atoms.